The van der Waals surface area contributed by atoms with Crippen LogP contribution in [-0.4, -0.2) is 71.5 Å². The predicted octanol–water partition coefficient (Wildman–Crippen LogP) is 4.69. The number of nitrogens with zero attached hydrogens (tertiary/aromatic N) is 5. The Bertz CT molecular complexity index is 1890. The van der Waals surface area contributed by atoms with Crippen LogP contribution in [-0.2, 0) is 13.1 Å². The van der Waals surface area contributed by atoms with Gasteiger partial charge >= 0.3 is 6.03 Å². The third kappa shape index (κ3) is 4.16. The first-order chi connectivity index (χ1) is 19.5. The number of hydrogen-bond donors (Lipinski definition) is 2. The summed E-state index contributed by atoms with van der Waals surface area (Å²) in [5, 5.41) is 5.96. The molecule has 0 aliphatic carbocycles. The minimum atomic E-state index is -3.72. The number of aromatic amines is 2. The highest BCUT2D eigenvalue weighted by molar-refractivity contribution is 6.00. The Morgan fingerprint density at radius 1 is 1.00 bits per heavy atom. The molecule has 0 spiro atoms. The zero-order chi connectivity index (χ0) is 28.7. The largest absolute Gasteiger partial charge is 0.345 e. The van der Waals surface area contributed by atoms with Crippen LogP contribution in [0.5, 0.6) is 0 Å². The Morgan fingerprint density at radius 2 is 1.78 bits per heavy atom. The first kappa shape index (κ1) is 25.4. The molecule has 2 N–H and O–H groups in total. The second kappa shape index (κ2) is 8.69. The lowest BCUT2D eigenvalue weighted by Crippen LogP contribution is -2.57. The number of imidazole rings is 1. The molecule has 0 saturated carbocycles. The lowest BCUT2D eigenvalue weighted by Gasteiger charge is -2.39. The van der Waals surface area contributed by atoms with Crippen molar-refractivity contribution in [3.63, 3.8) is 0 Å². The van der Waals surface area contributed by atoms with Crippen molar-refractivity contribution in [3.05, 3.63) is 70.7 Å². The molecule has 212 valence electrons. The van der Waals surface area contributed by atoms with E-state index in [0.29, 0.717) is 49.5 Å². The second-order valence-electron chi connectivity index (χ2n) is 10.5. The van der Waals surface area contributed by atoms with Gasteiger partial charge in [-0.2, -0.15) is 0 Å². The molecule has 2 aliphatic heterocycles. The number of carbonyl (C=O) groups is 1. The van der Waals surface area contributed by atoms with E-state index >= 15 is 4.39 Å². The van der Waals surface area contributed by atoms with Gasteiger partial charge in [0.2, 0.25) is 0 Å². The van der Waals surface area contributed by atoms with Crippen LogP contribution in [0.1, 0.15) is 12.0 Å². The van der Waals surface area contributed by atoms with Gasteiger partial charge in [-0.1, -0.05) is 6.07 Å². The highest BCUT2D eigenvalue weighted by atomic mass is 19.3. The summed E-state index contributed by atoms with van der Waals surface area (Å²) in [6.45, 7) is -2.20. The molecule has 0 radical (unpaired) electrons. The number of rotatable bonds is 2. The summed E-state index contributed by atoms with van der Waals surface area (Å²) in [6.07, 6.45) is 3.45. The minimum absolute atomic E-state index is 0.00969. The van der Waals surface area contributed by atoms with Crippen LogP contribution in [0.25, 0.3) is 39.1 Å². The number of H-pyrrole nitrogens is 2. The third-order valence-corrected chi connectivity index (χ3v) is 7.61. The van der Waals surface area contributed by atoms with Gasteiger partial charge in [0.25, 0.3) is 17.4 Å². The van der Waals surface area contributed by atoms with Crippen molar-refractivity contribution in [2.24, 2.45) is 0 Å². The number of amides is 2. The van der Waals surface area contributed by atoms with Gasteiger partial charge in [-0.05, 0) is 29.8 Å². The van der Waals surface area contributed by atoms with E-state index in [-0.39, 0.29) is 19.6 Å². The van der Waals surface area contributed by atoms with E-state index < -0.39 is 48.8 Å². The first-order valence-electron chi connectivity index (χ1n) is 12.8. The van der Waals surface area contributed by atoms with Gasteiger partial charge in [0.05, 0.1) is 48.2 Å². The van der Waals surface area contributed by atoms with E-state index in [4.69, 9.17) is 0 Å². The Morgan fingerprint density at radius 3 is 2.56 bits per heavy atom. The van der Waals surface area contributed by atoms with Gasteiger partial charge in [-0.15, -0.1) is 0 Å². The van der Waals surface area contributed by atoms with E-state index in [1.54, 1.807) is 39.7 Å². The lowest BCUT2D eigenvalue weighted by molar-refractivity contribution is -0.162. The van der Waals surface area contributed by atoms with E-state index in [9.17, 15) is 27.2 Å². The van der Waals surface area contributed by atoms with Crippen LogP contribution >= 0.6 is 0 Å². The van der Waals surface area contributed by atoms with E-state index in [1.807, 2.05) is 6.07 Å². The molecule has 1 aromatic carbocycles. The molecule has 0 atom stereocenters. The van der Waals surface area contributed by atoms with Crippen LogP contribution in [0.4, 0.5) is 26.7 Å². The summed E-state index contributed by atoms with van der Waals surface area (Å²) in [4.78, 5) is 32.1. The fourth-order valence-corrected chi connectivity index (χ4v) is 6.02. The highest BCUT2D eigenvalue weighted by Gasteiger charge is 2.52. The number of likely N-dealkylation sites (tertiary alicyclic amines) is 1. The number of carbonyl (C=O) groups excluding carboxylic acids is 1. The Balaban J connectivity index is 1.29. The molecule has 9 nitrogen and oxygen atoms in total. The van der Waals surface area contributed by atoms with E-state index in [0.717, 1.165) is 0 Å². The summed E-state index contributed by atoms with van der Waals surface area (Å²) in [5.74, 6) is -8.06. The molecule has 6 heterocycles. The van der Waals surface area contributed by atoms with Gasteiger partial charge in [-0.25, -0.2) is 31.7 Å². The van der Waals surface area contributed by atoms with Crippen LogP contribution in [0.3, 0.4) is 0 Å². The number of alkyl halides is 4. The number of halogens is 5. The standard InChI is InChI=1S/C27H22F5N7O2/c28-16-7-15-10-37(25(41)38-13-26(29,30)12-27(31,32)14-38)6-5-36-11-18(17(8-16)23(15)36)22-21(24(40)35-34-22)19-9-33-20-3-1-2-4-39(19)20/h1-4,7-9,11H,5-6,10,12-14H2,(H2,34,35,40). The van der Waals surface area contributed by atoms with Gasteiger partial charge in [0.1, 0.15) is 11.5 Å². The number of piperidine rings is 1. The number of nitrogens with one attached hydrogen (secondary N) is 2. The molecule has 2 amide bonds. The topological polar surface area (TPSA) is 94.4 Å². The molecule has 1 fully saturated rings. The van der Waals surface area contributed by atoms with Gasteiger partial charge in [-0.3, -0.25) is 19.4 Å². The molecule has 5 aromatic rings. The molecule has 1 saturated heterocycles. The fourth-order valence-electron chi connectivity index (χ4n) is 6.02. The lowest BCUT2D eigenvalue weighted by atomic mass is 10.0. The number of urea groups is 1. The van der Waals surface area contributed by atoms with Crippen molar-refractivity contribution in [2.45, 2.75) is 31.4 Å². The molecule has 0 bridgehead atoms. The summed E-state index contributed by atoms with van der Waals surface area (Å²) in [6, 6.07) is 7.01. The molecule has 7 rings (SSSR count). The van der Waals surface area contributed by atoms with Crippen molar-refractivity contribution in [3.8, 4) is 22.5 Å². The average molecular weight is 572 g/mol. The van der Waals surface area contributed by atoms with Crippen LogP contribution in [0.15, 0.2) is 53.7 Å². The quantitative estimate of drug-likeness (QED) is 0.301. The maximum Gasteiger partial charge on any atom is 0.320 e. The normalized spacial score (nSPS) is 18.3. The summed E-state index contributed by atoms with van der Waals surface area (Å²) in [5.41, 5.74) is 2.95. The van der Waals surface area contributed by atoms with Crippen LogP contribution in [0, 0.1) is 5.82 Å². The maximum atomic E-state index is 15.0. The second-order valence-corrected chi connectivity index (χ2v) is 10.5. The van der Waals surface area contributed by atoms with E-state index in [1.165, 1.54) is 17.0 Å². The SMILES string of the molecule is O=C(N1CCn2cc(-c3[nH][nH]c(=O)c3-c3cnc4ccccn34)c3cc(F)cc(c32)C1)N1CC(F)(F)CC(F)(F)C1. The minimum Gasteiger partial charge on any atom is -0.345 e. The number of aromatic nitrogens is 5. The number of hydrogen-bond acceptors (Lipinski definition) is 3. The average Bonchev–Trinajstić information content (AvgIpc) is 3.55. The van der Waals surface area contributed by atoms with Crippen LogP contribution < -0.4 is 5.56 Å². The first-order valence-corrected chi connectivity index (χ1v) is 12.8. The molecular weight excluding hydrogens is 549 g/mol. The predicted molar refractivity (Wildman–Crippen MR) is 138 cm³/mol. The van der Waals surface area contributed by atoms with Gasteiger partial charge in [0, 0.05) is 43.0 Å². The van der Waals surface area contributed by atoms with Gasteiger partial charge < -0.3 is 14.4 Å². The van der Waals surface area contributed by atoms with E-state index in [2.05, 4.69) is 15.2 Å². The summed E-state index contributed by atoms with van der Waals surface area (Å²) < 4.78 is 74.6. The Kier molecular flexibility index (Phi) is 5.37. The monoisotopic (exact) mass is 571 g/mol. The molecular formula is C27H22F5N7O2. The van der Waals surface area contributed by atoms with Crippen molar-refractivity contribution in [2.75, 3.05) is 19.6 Å². The van der Waals surface area contributed by atoms with Crippen molar-refractivity contribution < 1.29 is 26.7 Å². The Labute approximate surface area is 227 Å². The number of benzene rings is 1. The van der Waals surface area contributed by atoms with Crippen LogP contribution in [0.2, 0.25) is 0 Å². The molecule has 0 unspecified atom stereocenters. The highest BCUT2D eigenvalue weighted by Crippen LogP contribution is 2.39. The van der Waals surface area contributed by atoms with Gasteiger partial charge in [0.15, 0.2) is 0 Å². The number of fused-ring (bicyclic) bond motifs is 1. The van der Waals surface area contributed by atoms with Crippen molar-refractivity contribution in [1.29, 1.82) is 0 Å². The summed E-state index contributed by atoms with van der Waals surface area (Å²) in [7, 11) is 0. The fraction of sp³-hybridized carbons (Fsp3) is 0.296. The molecule has 2 aliphatic rings. The molecule has 41 heavy (non-hydrogen) atoms. The Hall–Kier alpha value is -4.62. The van der Waals surface area contributed by atoms with Crippen molar-refractivity contribution in [1.82, 2.24) is 33.9 Å². The third-order valence-electron chi connectivity index (χ3n) is 7.61. The van der Waals surface area contributed by atoms with Crippen molar-refractivity contribution >= 4 is 22.6 Å². The maximum absolute atomic E-state index is 15.0. The zero-order valence-electron chi connectivity index (χ0n) is 21.3. The molecule has 4 aromatic heterocycles. The smallest absolute Gasteiger partial charge is 0.320 e. The number of pyridine rings is 1. The molecule has 14 heteroatoms. The zero-order valence-corrected chi connectivity index (χ0v) is 21.3. The summed E-state index contributed by atoms with van der Waals surface area (Å²) >= 11 is 0.